The maximum atomic E-state index is 12.5. The van der Waals surface area contributed by atoms with Gasteiger partial charge >= 0.3 is 0 Å². The Hall–Kier alpha value is -1.56. The van der Waals surface area contributed by atoms with E-state index in [0.29, 0.717) is 0 Å². The lowest BCUT2D eigenvalue weighted by atomic mass is 10.3. The minimum atomic E-state index is -0.534. The third kappa shape index (κ3) is 1.06. The largest absolute Gasteiger partial charge is 0.396 e. The predicted molar refractivity (Wildman–Crippen MR) is 37.1 cm³/mol. The molecular formula is C7H5FN2. The summed E-state index contributed by atoms with van der Waals surface area (Å²) in [6.07, 6.45) is 0. The summed E-state index contributed by atoms with van der Waals surface area (Å²) in [4.78, 5) is 3.03. The van der Waals surface area contributed by atoms with E-state index in [0.717, 1.165) is 6.07 Å². The van der Waals surface area contributed by atoms with Gasteiger partial charge in [-0.25, -0.2) is 9.24 Å². The van der Waals surface area contributed by atoms with Crippen LogP contribution in [-0.4, -0.2) is 0 Å². The van der Waals surface area contributed by atoms with Gasteiger partial charge in [-0.15, -0.1) is 0 Å². The number of hydrogen-bond donors (Lipinski definition) is 1. The van der Waals surface area contributed by atoms with E-state index in [4.69, 9.17) is 12.3 Å². The van der Waals surface area contributed by atoms with Crippen molar-refractivity contribution in [2.24, 2.45) is 0 Å². The zero-order chi connectivity index (χ0) is 7.56. The summed E-state index contributed by atoms with van der Waals surface area (Å²) in [5, 5.41) is 0. The normalized spacial score (nSPS) is 8.80. The molecule has 0 saturated carbocycles. The standard InChI is InChI=1S/C7H5FN2/c1-10-5-2-3-7(9)6(8)4-5/h2-4H,9H2. The molecule has 0 aliphatic heterocycles. The molecule has 2 nitrogen and oxygen atoms in total. The molecule has 1 aromatic rings. The van der Waals surface area contributed by atoms with Crippen molar-refractivity contribution in [3.8, 4) is 0 Å². The highest BCUT2D eigenvalue weighted by Gasteiger charge is 1.97. The lowest BCUT2D eigenvalue weighted by Crippen LogP contribution is -1.87. The molecule has 0 aliphatic carbocycles. The molecule has 10 heavy (non-hydrogen) atoms. The molecule has 0 spiro atoms. The van der Waals surface area contributed by atoms with Gasteiger partial charge in [0.2, 0.25) is 0 Å². The maximum absolute atomic E-state index is 12.5. The van der Waals surface area contributed by atoms with Crippen LogP contribution >= 0.6 is 0 Å². The van der Waals surface area contributed by atoms with E-state index < -0.39 is 5.82 Å². The van der Waals surface area contributed by atoms with Gasteiger partial charge in [0.05, 0.1) is 12.3 Å². The monoisotopic (exact) mass is 136 g/mol. The highest BCUT2D eigenvalue weighted by molar-refractivity contribution is 5.52. The lowest BCUT2D eigenvalue weighted by molar-refractivity contribution is 0.633. The van der Waals surface area contributed by atoms with Gasteiger partial charge in [-0.2, -0.15) is 0 Å². The zero-order valence-corrected chi connectivity index (χ0v) is 5.13. The molecule has 0 amide bonds. The Morgan fingerprint density at radius 1 is 1.50 bits per heavy atom. The summed E-state index contributed by atoms with van der Waals surface area (Å²) in [6, 6.07) is 3.97. The average Bonchev–Trinajstić information content (AvgIpc) is 1.95. The van der Waals surface area contributed by atoms with Crippen molar-refractivity contribution in [2.45, 2.75) is 0 Å². The molecule has 0 atom stereocenters. The Morgan fingerprint density at radius 2 is 2.20 bits per heavy atom. The molecule has 3 heteroatoms. The molecule has 0 radical (unpaired) electrons. The third-order valence-corrected chi connectivity index (χ3v) is 1.11. The molecule has 0 aromatic heterocycles. The smallest absolute Gasteiger partial charge is 0.190 e. The summed E-state index contributed by atoms with van der Waals surface area (Å²) in [5.41, 5.74) is 5.51. The van der Waals surface area contributed by atoms with Crippen LogP contribution in [0, 0.1) is 12.4 Å². The van der Waals surface area contributed by atoms with E-state index in [1.165, 1.54) is 12.1 Å². The first kappa shape index (κ1) is 6.56. The summed E-state index contributed by atoms with van der Waals surface area (Å²) in [6.45, 7) is 6.53. The first-order chi connectivity index (χ1) is 4.74. The molecule has 1 rings (SSSR count). The van der Waals surface area contributed by atoms with Gasteiger partial charge in [0.1, 0.15) is 5.82 Å². The minimum absolute atomic E-state index is 0.0763. The van der Waals surface area contributed by atoms with Crippen LogP contribution in [0.15, 0.2) is 18.2 Å². The number of nitrogen functional groups attached to an aromatic ring is 1. The number of hydrogen-bond acceptors (Lipinski definition) is 1. The summed E-state index contributed by atoms with van der Waals surface area (Å²) >= 11 is 0. The Balaban J connectivity index is 3.20. The number of halogens is 1. The second-order valence-electron chi connectivity index (χ2n) is 1.82. The summed E-state index contributed by atoms with van der Waals surface area (Å²) < 4.78 is 12.5. The number of rotatable bonds is 0. The quantitative estimate of drug-likeness (QED) is 0.429. The second-order valence-corrected chi connectivity index (χ2v) is 1.82. The fourth-order valence-corrected chi connectivity index (χ4v) is 0.586. The molecule has 0 aliphatic rings. The Morgan fingerprint density at radius 3 is 2.70 bits per heavy atom. The van der Waals surface area contributed by atoms with E-state index in [2.05, 4.69) is 4.85 Å². The SMILES string of the molecule is [C-]#[N+]c1ccc(N)c(F)c1. The third-order valence-electron chi connectivity index (χ3n) is 1.11. The molecule has 0 fully saturated rings. The number of nitrogens with zero attached hydrogens (tertiary/aromatic N) is 1. The zero-order valence-electron chi connectivity index (χ0n) is 5.13. The maximum Gasteiger partial charge on any atom is 0.190 e. The molecule has 0 heterocycles. The van der Waals surface area contributed by atoms with Crippen LogP contribution in [0.1, 0.15) is 0 Å². The molecule has 2 N–H and O–H groups in total. The van der Waals surface area contributed by atoms with Gasteiger partial charge in [0.15, 0.2) is 5.69 Å². The first-order valence-electron chi connectivity index (χ1n) is 2.66. The van der Waals surface area contributed by atoms with E-state index in [9.17, 15) is 4.39 Å². The van der Waals surface area contributed by atoms with Crippen molar-refractivity contribution < 1.29 is 4.39 Å². The van der Waals surface area contributed by atoms with Crippen molar-refractivity contribution in [3.05, 3.63) is 35.4 Å². The number of nitrogens with two attached hydrogens (primary N) is 1. The fourth-order valence-electron chi connectivity index (χ4n) is 0.586. The van der Waals surface area contributed by atoms with Crippen LogP contribution in [0.4, 0.5) is 15.8 Å². The van der Waals surface area contributed by atoms with Crippen LogP contribution < -0.4 is 5.73 Å². The van der Waals surface area contributed by atoms with Crippen LogP contribution in [0.3, 0.4) is 0 Å². The van der Waals surface area contributed by atoms with Gasteiger partial charge in [-0.1, -0.05) is 6.07 Å². The first-order valence-corrected chi connectivity index (χ1v) is 2.66. The molecular weight excluding hydrogens is 131 g/mol. The molecule has 0 saturated heterocycles. The van der Waals surface area contributed by atoms with Gasteiger partial charge < -0.3 is 5.73 Å². The Labute approximate surface area is 57.9 Å². The van der Waals surface area contributed by atoms with Gasteiger partial charge in [0, 0.05) is 0 Å². The predicted octanol–water partition coefficient (Wildman–Crippen LogP) is 1.96. The van der Waals surface area contributed by atoms with E-state index in [1.807, 2.05) is 0 Å². The summed E-state index contributed by atoms with van der Waals surface area (Å²) in [5.74, 6) is -0.534. The van der Waals surface area contributed by atoms with Crippen molar-refractivity contribution in [1.82, 2.24) is 0 Å². The molecule has 0 bridgehead atoms. The van der Waals surface area contributed by atoms with E-state index >= 15 is 0 Å². The second kappa shape index (κ2) is 2.36. The van der Waals surface area contributed by atoms with Gasteiger partial charge in [-0.05, 0) is 12.1 Å². The van der Waals surface area contributed by atoms with E-state index in [-0.39, 0.29) is 11.4 Å². The van der Waals surface area contributed by atoms with Gasteiger partial charge in [0.25, 0.3) is 0 Å². The number of benzene rings is 1. The van der Waals surface area contributed by atoms with Crippen LogP contribution in [0.5, 0.6) is 0 Å². The Kier molecular flexibility index (Phi) is 1.55. The highest BCUT2D eigenvalue weighted by Crippen LogP contribution is 2.17. The molecule has 1 aromatic carbocycles. The Bertz CT molecular complexity index is 288. The van der Waals surface area contributed by atoms with E-state index in [1.54, 1.807) is 0 Å². The topological polar surface area (TPSA) is 30.4 Å². The van der Waals surface area contributed by atoms with Crippen molar-refractivity contribution >= 4 is 11.4 Å². The number of anilines is 1. The van der Waals surface area contributed by atoms with Crippen LogP contribution in [0.25, 0.3) is 4.85 Å². The average molecular weight is 136 g/mol. The molecule has 0 unspecified atom stereocenters. The van der Waals surface area contributed by atoms with Crippen LogP contribution in [-0.2, 0) is 0 Å². The minimum Gasteiger partial charge on any atom is -0.396 e. The lowest BCUT2D eigenvalue weighted by Gasteiger charge is -1.93. The van der Waals surface area contributed by atoms with Gasteiger partial charge in [-0.3, -0.25) is 0 Å². The van der Waals surface area contributed by atoms with Crippen molar-refractivity contribution in [2.75, 3.05) is 5.73 Å². The van der Waals surface area contributed by atoms with Crippen LogP contribution in [0.2, 0.25) is 0 Å². The highest BCUT2D eigenvalue weighted by atomic mass is 19.1. The fraction of sp³-hybridized carbons (Fsp3) is 0. The summed E-state index contributed by atoms with van der Waals surface area (Å²) in [7, 11) is 0. The molecule has 50 valence electrons. The van der Waals surface area contributed by atoms with Crippen molar-refractivity contribution in [1.29, 1.82) is 0 Å². The van der Waals surface area contributed by atoms with Crippen molar-refractivity contribution in [3.63, 3.8) is 0 Å².